The second kappa shape index (κ2) is 8.09. The monoisotopic (exact) mass is 237 g/mol. The zero-order chi connectivity index (χ0) is 12.5. The molecule has 96 valence electrons. The van der Waals surface area contributed by atoms with Crippen molar-refractivity contribution in [3.05, 3.63) is 29.8 Å². The molecule has 3 nitrogen and oxygen atoms in total. The largest absolute Gasteiger partial charge is 0.494 e. The SMILES string of the molecule is CCOc1ccc(C(C)NCCCCO)cc1. The molecule has 3 heteroatoms. The summed E-state index contributed by atoms with van der Waals surface area (Å²) in [4.78, 5) is 0. The fourth-order valence-electron chi connectivity index (χ4n) is 1.69. The van der Waals surface area contributed by atoms with Gasteiger partial charge < -0.3 is 15.2 Å². The van der Waals surface area contributed by atoms with Crippen LogP contribution in [0.5, 0.6) is 5.75 Å². The van der Waals surface area contributed by atoms with Gasteiger partial charge in [0.15, 0.2) is 0 Å². The molecular formula is C14H23NO2. The van der Waals surface area contributed by atoms with Crippen LogP contribution in [0, 0.1) is 0 Å². The van der Waals surface area contributed by atoms with Crippen LogP contribution in [-0.4, -0.2) is 24.9 Å². The van der Waals surface area contributed by atoms with E-state index in [1.807, 2.05) is 19.1 Å². The van der Waals surface area contributed by atoms with Gasteiger partial charge in [0, 0.05) is 12.6 Å². The van der Waals surface area contributed by atoms with Crippen molar-refractivity contribution in [3.8, 4) is 5.75 Å². The van der Waals surface area contributed by atoms with E-state index in [1.165, 1.54) is 5.56 Å². The van der Waals surface area contributed by atoms with E-state index in [0.29, 0.717) is 12.6 Å². The molecule has 0 radical (unpaired) electrons. The smallest absolute Gasteiger partial charge is 0.119 e. The van der Waals surface area contributed by atoms with Crippen molar-refractivity contribution in [1.82, 2.24) is 5.32 Å². The Morgan fingerprint density at radius 2 is 1.94 bits per heavy atom. The first-order valence-electron chi connectivity index (χ1n) is 6.35. The second-order valence-corrected chi connectivity index (χ2v) is 4.11. The fourth-order valence-corrected chi connectivity index (χ4v) is 1.69. The van der Waals surface area contributed by atoms with Crippen LogP contribution in [0.25, 0.3) is 0 Å². The first-order chi connectivity index (χ1) is 8.27. The minimum absolute atomic E-state index is 0.277. The van der Waals surface area contributed by atoms with Gasteiger partial charge >= 0.3 is 0 Å². The van der Waals surface area contributed by atoms with Crippen molar-refractivity contribution in [1.29, 1.82) is 0 Å². The van der Waals surface area contributed by atoms with Crippen molar-refractivity contribution in [2.75, 3.05) is 19.8 Å². The van der Waals surface area contributed by atoms with Gasteiger partial charge in [-0.25, -0.2) is 0 Å². The Hall–Kier alpha value is -1.06. The number of rotatable bonds is 8. The Morgan fingerprint density at radius 1 is 1.24 bits per heavy atom. The summed E-state index contributed by atoms with van der Waals surface area (Å²) in [7, 11) is 0. The molecule has 0 bridgehead atoms. The standard InChI is InChI=1S/C14H23NO2/c1-3-17-14-8-6-13(7-9-14)12(2)15-10-4-5-11-16/h6-9,12,15-16H,3-5,10-11H2,1-2H3. The molecular weight excluding hydrogens is 214 g/mol. The normalized spacial score (nSPS) is 12.4. The third kappa shape index (κ3) is 5.20. The minimum atomic E-state index is 0.277. The van der Waals surface area contributed by atoms with E-state index in [4.69, 9.17) is 9.84 Å². The summed E-state index contributed by atoms with van der Waals surface area (Å²) in [5, 5.41) is 12.1. The number of hydrogen-bond donors (Lipinski definition) is 2. The van der Waals surface area contributed by atoms with Crippen molar-refractivity contribution >= 4 is 0 Å². The van der Waals surface area contributed by atoms with Crippen LogP contribution in [0.3, 0.4) is 0 Å². The van der Waals surface area contributed by atoms with Gasteiger partial charge in [-0.05, 0) is 50.9 Å². The average molecular weight is 237 g/mol. The van der Waals surface area contributed by atoms with Crippen LogP contribution in [-0.2, 0) is 0 Å². The first kappa shape index (κ1) is 14.0. The highest BCUT2D eigenvalue weighted by Crippen LogP contribution is 2.17. The zero-order valence-corrected chi connectivity index (χ0v) is 10.8. The maximum absolute atomic E-state index is 8.69. The molecule has 0 aromatic heterocycles. The molecule has 1 unspecified atom stereocenters. The van der Waals surface area contributed by atoms with Crippen molar-refractivity contribution < 1.29 is 9.84 Å². The van der Waals surface area contributed by atoms with Crippen LogP contribution < -0.4 is 10.1 Å². The van der Waals surface area contributed by atoms with E-state index in [9.17, 15) is 0 Å². The molecule has 2 N–H and O–H groups in total. The molecule has 1 atom stereocenters. The lowest BCUT2D eigenvalue weighted by molar-refractivity contribution is 0.283. The summed E-state index contributed by atoms with van der Waals surface area (Å²) in [5.41, 5.74) is 1.26. The summed E-state index contributed by atoms with van der Waals surface area (Å²) >= 11 is 0. The third-order valence-corrected chi connectivity index (χ3v) is 2.73. The van der Waals surface area contributed by atoms with Gasteiger partial charge in [0.25, 0.3) is 0 Å². The van der Waals surface area contributed by atoms with E-state index in [-0.39, 0.29) is 6.61 Å². The molecule has 1 aromatic carbocycles. The van der Waals surface area contributed by atoms with E-state index in [2.05, 4.69) is 24.4 Å². The lowest BCUT2D eigenvalue weighted by Gasteiger charge is -2.14. The summed E-state index contributed by atoms with van der Waals surface area (Å²) < 4.78 is 5.41. The molecule has 0 aliphatic carbocycles. The average Bonchev–Trinajstić information content (AvgIpc) is 2.36. The van der Waals surface area contributed by atoms with Gasteiger partial charge in [-0.15, -0.1) is 0 Å². The van der Waals surface area contributed by atoms with Crippen LogP contribution in [0.2, 0.25) is 0 Å². The van der Waals surface area contributed by atoms with Crippen molar-refractivity contribution in [2.24, 2.45) is 0 Å². The summed E-state index contributed by atoms with van der Waals surface area (Å²) in [5.74, 6) is 0.920. The number of aliphatic hydroxyl groups is 1. The molecule has 0 heterocycles. The number of aliphatic hydroxyl groups excluding tert-OH is 1. The van der Waals surface area contributed by atoms with E-state index in [1.54, 1.807) is 0 Å². The van der Waals surface area contributed by atoms with Crippen molar-refractivity contribution in [3.63, 3.8) is 0 Å². The number of ether oxygens (including phenoxy) is 1. The van der Waals surface area contributed by atoms with Gasteiger partial charge in [-0.2, -0.15) is 0 Å². The van der Waals surface area contributed by atoms with Gasteiger partial charge in [-0.1, -0.05) is 12.1 Å². The lowest BCUT2D eigenvalue weighted by atomic mass is 10.1. The summed E-state index contributed by atoms with van der Waals surface area (Å²) in [6, 6.07) is 8.53. The molecule has 0 spiro atoms. The maximum atomic E-state index is 8.69. The number of unbranched alkanes of at least 4 members (excludes halogenated alkanes) is 1. The predicted octanol–water partition coefficient (Wildman–Crippen LogP) is 2.51. The number of nitrogens with one attached hydrogen (secondary N) is 1. The van der Waals surface area contributed by atoms with Gasteiger partial charge in [0.05, 0.1) is 6.61 Å². The number of hydrogen-bond acceptors (Lipinski definition) is 3. The van der Waals surface area contributed by atoms with E-state index < -0.39 is 0 Å². The van der Waals surface area contributed by atoms with Gasteiger partial charge in [0.1, 0.15) is 5.75 Å². The Kier molecular flexibility index (Phi) is 6.67. The Labute approximate surface area is 104 Å². The molecule has 0 aliphatic rings. The van der Waals surface area contributed by atoms with Gasteiger partial charge in [0.2, 0.25) is 0 Å². The maximum Gasteiger partial charge on any atom is 0.119 e. The molecule has 1 aromatic rings. The quantitative estimate of drug-likeness (QED) is 0.683. The van der Waals surface area contributed by atoms with Gasteiger partial charge in [-0.3, -0.25) is 0 Å². The Bertz CT molecular complexity index is 298. The summed E-state index contributed by atoms with van der Waals surface area (Å²) in [6.45, 7) is 6.05. The topological polar surface area (TPSA) is 41.5 Å². The Morgan fingerprint density at radius 3 is 2.53 bits per heavy atom. The van der Waals surface area contributed by atoms with Crippen molar-refractivity contribution in [2.45, 2.75) is 32.7 Å². The minimum Gasteiger partial charge on any atom is -0.494 e. The zero-order valence-electron chi connectivity index (χ0n) is 10.8. The molecule has 1 rings (SSSR count). The van der Waals surface area contributed by atoms with Crippen LogP contribution in [0.4, 0.5) is 0 Å². The Balaban J connectivity index is 2.37. The lowest BCUT2D eigenvalue weighted by Crippen LogP contribution is -2.19. The highest BCUT2D eigenvalue weighted by atomic mass is 16.5. The summed E-state index contributed by atoms with van der Waals surface area (Å²) in [6.07, 6.45) is 1.88. The molecule has 0 saturated carbocycles. The molecule has 0 amide bonds. The molecule has 0 fully saturated rings. The first-order valence-corrected chi connectivity index (χ1v) is 6.35. The molecule has 0 aliphatic heterocycles. The van der Waals surface area contributed by atoms with Crippen LogP contribution in [0.1, 0.15) is 38.3 Å². The second-order valence-electron chi connectivity index (χ2n) is 4.11. The van der Waals surface area contributed by atoms with E-state index in [0.717, 1.165) is 25.1 Å². The molecule has 17 heavy (non-hydrogen) atoms. The predicted molar refractivity (Wildman–Crippen MR) is 70.3 cm³/mol. The van der Waals surface area contributed by atoms with Crippen LogP contribution >= 0.6 is 0 Å². The highest BCUT2D eigenvalue weighted by molar-refractivity contribution is 5.28. The van der Waals surface area contributed by atoms with Crippen LogP contribution in [0.15, 0.2) is 24.3 Å². The number of benzene rings is 1. The molecule has 0 saturated heterocycles. The fraction of sp³-hybridized carbons (Fsp3) is 0.571. The highest BCUT2D eigenvalue weighted by Gasteiger charge is 2.04. The third-order valence-electron chi connectivity index (χ3n) is 2.73. The van der Waals surface area contributed by atoms with E-state index >= 15 is 0 Å².